The molecule has 0 aromatic rings. The Balaban J connectivity index is 2.32. The van der Waals surface area contributed by atoms with Crippen LogP contribution in [-0.2, 0) is 0 Å². The molecular formula is C9H14. The van der Waals surface area contributed by atoms with Crippen LogP contribution in [0.5, 0.6) is 0 Å². The van der Waals surface area contributed by atoms with Crippen LogP contribution in [0.2, 0.25) is 0 Å². The summed E-state index contributed by atoms with van der Waals surface area (Å²) < 4.78 is 0. The number of hydrogen-bond acceptors (Lipinski definition) is 0. The van der Waals surface area contributed by atoms with Crippen LogP contribution in [0.15, 0.2) is 0 Å². The van der Waals surface area contributed by atoms with Crippen molar-refractivity contribution in [2.75, 3.05) is 0 Å². The van der Waals surface area contributed by atoms with Crippen molar-refractivity contribution >= 4 is 0 Å². The third kappa shape index (κ3) is 2.56. The molecule has 0 spiro atoms. The molecule has 9 heavy (non-hydrogen) atoms. The molecule has 0 heterocycles. The predicted molar refractivity (Wildman–Crippen MR) is 40.0 cm³/mol. The average Bonchev–Trinajstić information content (AvgIpc) is 1.79. The second-order valence-electron chi connectivity index (χ2n) is 2.89. The molecular weight excluding hydrogens is 108 g/mol. The van der Waals surface area contributed by atoms with Crippen molar-refractivity contribution in [2.24, 2.45) is 5.92 Å². The zero-order valence-electron chi connectivity index (χ0n) is 6.11. The lowest BCUT2D eigenvalue weighted by molar-refractivity contribution is 0.481. The van der Waals surface area contributed by atoms with Crippen LogP contribution in [0.1, 0.15) is 39.0 Å². The molecule has 0 bridgehead atoms. The maximum Gasteiger partial charge on any atom is 0.00912 e. The highest BCUT2D eigenvalue weighted by molar-refractivity contribution is 4.99. The molecule has 0 radical (unpaired) electrons. The van der Waals surface area contributed by atoms with Crippen LogP contribution in [-0.4, -0.2) is 0 Å². The van der Waals surface area contributed by atoms with Gasteiger partial charge in [0.15, 0.2) is 0 Å². The highest BCUT2D eigenvalue weighted by atomic mass is 14.1. The van der Waals surface area contributed by atoms with E-state index >= 15 is 0 Å². The van der Waals surface area contributed by atoms with E-state index in [1.54, 1.807) is 0 Å². The Kier molecular flexibility index (Phi) is 2.64. The summed E-state index contributed by atoms with van der Waals surface area (Å²) in [5.41, 5.74) is 0. The second-order valence-corrected chi connectivity index (χ2v) is 2.89. The summed E-state index contributed by atoms with van der Waals surface area (Å²) in [6.45, 7) is 2.33. The maximum atomic E-state index is 3.17. The van der Waals surface area contributed by atoms with E-state index in [2.05, 4.69) is 18.8 Å². The normalized spacial score (nSPS) is 27.4. The lowest BCUT2D eigenvalue weighted by Crippen LogP contribution is -1.95. The topological polar surface area (TPSA) is 0 Å². The molecule has 0 nitrogen and oxygen atoms in total. The summed E-state index contributed by atoms with van der Waals surface area (Å²) in [5.74, 6) is 7.24. The van der Waals surface area contributed by atoms with Crippen molar-refractivity contribution in [3.63, 3.8) is 0 Å². The second kappa shape index (κ2) is 3.56. The lowest BCUT2D eigenvalue weighted by Gasteiger charge is -2.08. The minimum atomic E-state index is 0.916. The van der Waals surface area contributed by atoms with Gasteiger partial charge in [-0.3, -0.25) is 0 Å². The average molecular weight is 122 g/mol. The van der Waals surface area contributed by atoms with Crippen LogP contribution in [0.4, 0.5) is 0 Å². The highest BCUT2D eigenvalue weighted by Gasteiger charge is 2.00. The molecule has 0 amide bonds. The van der Waals surface area contributed by atoms with Gasteiger partial charge in [-0.25, -0.2) is 0 Å². The predicted octanol–water partition coefficient (Wildman–Crippen LogP) is 2.59. The summed E-state index contributed by atoms with van der Waals surface area (Å²) in [6.07, 6.45) is 6.27. The number of hydrogen-bond donors (Lipinski definition) is 0. The fourth-order valence-corrected chi connectivity index (χ4v) is 1.18. The van der Waals surface area contributed by atoms with E-state index in [-0.39, 0.29) is 0 Å². The first kappa shape index (κ1) is 6.68. The Morgan fingerprint density at radius 3 is 2.78 bits per heavy atom. The molecule has 0 fully saturated rings. The van der Waals surface area contributed by atoms with Gasteiger partial charge < -0.3 is 0 Å². The summed E-state index contributed by atoms with van der Waals surface area (Å²) in [7, 11) is 0. The van der Waals surface area contributed by atoms with Crippen molar-refractivity contribution in [1.82, 2.24) is 0 Å². The number of rotatable bonds is 0. The molecule has 50 valence electrons. The molecule has 0 saturated carbocycles. The van der Waals surface area contributed by atoms with Gasteiger partial charge in [0, 0.05) is 12.8 Å². The zero-order chi connectivity index (χ0) is 6.53. The van der Waals surface area contributed by atoms with Crippen LogP contribution in [0, 0.1) is 17.8 Å². The Morgan fingerprint density at radius 2 is 1.89 bits per heavy atom. The van der Waals surface area contributed by atoms with Crippen molar-refractivity contribution in [3.8, 4) is 11.8 Å². The Morgan fingerprint density at radius 1 is 1.11 bits per heavy atom. The van der Waals surface area contributed by atoms with E-state index in [0.717, 1.165) is 18.8 Å². The molecule has 0 N–H and O–H groups in total. The first-order chi connectivity index (χ1) is 4.39. The summed E-state index contributed by atoms with van der Waals surface area (Å²) in [4.78, 5) is 0. The van der Waals surface area contributed by atoms with Gasteiger partial charge in [0.2, 0.25) is 0 Å². The molecule has 1 aliphatic carbocycles. The third-order valence-corrected chi connectivity index (χ3v) is 1.89. The summed E-state index contributed by atoms with van der Waals surface area (Å²) >= 11 is 0. The summed E-state index contributed by atoms with van der Waals surface area (Å²) in [5, 5.41) is 0. The molecule has 0 aromatic heterocycles. The van der Waals surface area contributed by atoms with Gasteiger partial charge in [0.25, 0.3) is 0 Å². The van der Waals surface area contributed by atoms with E-state index in [1.165, 1.54) is 19.3 Å². The fourth-order valence-electron chi connectivity index (χ4n) is 1.18. The first-order valence-corrected chi connectivity index (χ1v) is 3.85. The van der Waals surface area contributed by atoms with Gasteiger partial charge in [-0.2, -0.15) is 0 Å². The molecule has 0 saturated heterocycles. The van der Waals surface area contributed by atoms with Crippen molar-refractivity contribution in [3.05, 3.63) is 0 Å². The standard InChI is InChI=1S/C9H14/c1-9-7-5-3-2-4-6-8-9/h9H,3,5-8H2,1H3/t9-/m0/s1. The minimum Gasteiger partial charge on any atom is -0.103 e. The van der Waals surface area contributed by atoms with E-state index in [1.807, 2.05) is 0 Å². The van der Waals surface area contributed by atoms with E-state index in [0.29, 0.717) is 0 Å². The van der Waals surface area contributed by atoms with E-state index < -0.39 is 0 Å². The minimum absolute atomic E-state index is 0.916. The van der Waals surface area contributed by atoms with Crippen LogP contribution < -0.4 is 0 Å². The van der Waals surface area contributed by atoms with Gasteiger partial charge in [-0.15, -0.1) is 11.8 Å². The fraction of sp³-hybridized carbons (Fsp3) is 0.778. The van der Waals surface area contributed by atoms with Crippen LogP contribution >= 0.6 is 0 Å². The van der Waals surface area contributed by atoms with E-state index in [9.17, 15) is 0 Å². The van der Waals surface area contributed by atoms with Gasteiger partial charge in [0.05, 0.1) is 0 Å². The third-order valence-electron chi connectivity index (χ3n) is 1.89. The van der Waals surface area contributed by atoms with Crippen molar-refractivity contribution < 1.29 is 0 Å². The van der Waals surface area contributed by atoms with Gasteiger partial charge in [0.1, 0.15) is 0 Å². The monoisotopic (exact) mass is 122 g/mol. The molecule has 0 aromatic carbocycles. The Bertz CT molecular complexity index is 125. The SMILES string of the molecule is C[C@@H]1CCC#CCCC1. The quantitative estimate of drug-likeness (QED) is 0.433. The van der Waals surface area contributed by atoms with Crippen molar-refractivity contribution in [1.29, 1.82) is 0 Å². The summed E-state index contributed by atoms with van der Waals surface area (Å²) in [6, 6.07) is 0. The van der Waals surface area contributed by atoms with Crippen LogP contribution in [0.3, 0.4) is 0 Å². The maximum absolute atomic E-state index is 3.17. The Labute approximate surface area is 57.7 Å². The van der Waals surface area contributed by atoms with Crippen LogP contribution in [0.25, 0.3) is 0 Å². The Hall–Kier alpha value is -0.440. The molecule has 0 unspecified atom stereocenters. The highest BCUT2D eigenvalue weighted by Crippen LogP contribution is 2.14. The molecule has 1 aliphatic rings. The lowest BCUT2D eigenvalue weighted by atomic mass is 9.97. The largest absolute Gasteiger partial charge is 0.103 e. The van der Waals surface area contributed by atoms with Gasteiger partial charge >= 0.3 is 0 Å². The van der Waals surface area contributed by atoms with E-state index in [4.69, 9.17) is 0 Å². The van der Waals surface area contributed by atoms with Gasteiger partial charge in [-0.1, -0.05) is 6.92 Å². The molecule has 1 rings (SSSR count). The van der Waals surface area contributed by atoms with Gasteiger partial charge in [-0.05, 0) is 25.2 Å². The van der Waals surface area contributed by atoms with Crippen molar-refractivity contribution in [2.45, 2.75) is 39.0 Å². The molecule has 1 atom stereocenters. The first-order valence-electron chi connectivity index (χ1n) is 3.85. The smallest absolute Gasteiger partial charge is 0.00912 e. The molecule has 0 aliphatic heterocycles. The zero-order valence-corrected chi connectivity index (χ0v) is 6.11. The molecule has 0 heteroatoms.